The van der Waals surface area contributed by atoms with Crippen LogP contribution >= 0.6 is 0 Å². The molecule has 2 N–H and O–H groups in total. The molecule has 5 heteroatoms. The van der Waals surface area contributed by atoms with Gasteiger partial charge in [0.1, 0.15) is 6.26 Å². The Kier molecular flexibility index (Phi) is 6.66. The summed E-state index contributed by atoms with van der Waals surface area (Å²) in [5.41, 5.74) is 3.07. The third-order valence-corrected chi connectivity index (χ3v) is 3.58. The molecule has 0 aliphatic rings. The van der Waals surface area contributed by atoms with Gasteiger partial charge >= 0.3 is 0 Å². The van der Waals surface area contributed by atoms with Crippen LogP contribution in [0.2, 0.25) is 0 Å². The highest BCUT2D eigenvalue weighted by Crippen LogP contribution is 2.18. The van der Waals surface area contributed by atoms with Crippen LogP contribution in [0.1, 0.15) is 37.4 Å². The lowest BCUT2D eigenvalue weighted by molar-refractivity contribution is 0.572. The fourth-order valence-electron chi connectivity index (χ4n) is 2.19. The lowest BCUT2D eigenvalue weighted by Crippen LogP contribution is -2.37. The van der Waals surface area contributed by atoms with Crippen LogP contribution in [0.4, 0.5) is 0 Å². The molecule has 0 aliphatic heterocycles. The van der Waals surface area contributed by atoms with Gasteiger partial charge in [-0.15, -0.1) is 0 Å². The molecule has 0 saturated carbocycles. The zero-order chi connectivity index (χ0) is 16.5. The number of oxazole rings is 1. The second kappa shape index (κ2) is 8.98. The number of guanidine groups is 1. The number of nitrogens with one attached hydrogen (secondary N) is 2. The van der Waals surface area contributed by atoms with Crippen LogP contribution < -0.4 is 10.6 Å². The average molecular weight is 314 g/mol. The smallest absolute Gasteiger partial charge is 0.226 e. The number of nitrogens with zero attached hydrogens (tertiary/aromatic N) is 2. The Morgan fingerprint density at radius 2 is 1.96 bits per heavy atom. The van der Waals surface area contributed by atoms with E-state index in [2.05, 4.69) is 46.6 Å². The molecule has 1 heterocycles. The molecule has 124 valence electrons. The normalized spacial score (nSPS) is 11.5. The Morgan fingerprint density at radius 1 is 1.17 bits per heavy atom. The molecule has 0 fully saturated rings. The van der Waals surface area contributed by atoms with Crippen molar-refractivity contribution >= 4 is 5.96 Å². The summed E-state index contributed by atoms with van der Waals surface area (Å²) >= 11 is 0. The van der Waals surface area contributed by atoms with Crippen molar-refractivity contribution in [3.05, 3.63) is 41.8 Å². The maximum atomic E-state index is 5.56. The number of aliphatic imine (C=N–C) groups is 1. The minimum absolute atomic E-state index is 0.586. The number of rotatable bonds is 7. The van der Waals surface area contributed by atoms with Crippen molar-refractivity contribution in [2.45, 2.75) is 39.7 Å². The number of aromatic nitrogens is 1. The largest absolute Gasteiger partial charge is 0.444 e. The van der Waals surface area contributed by atoms with E-state index in [-0.39, 0.29) is 0 Å². The van der Waals surface area contributed by atoms with Crippen LogP contribution in [-0.4, -0.2) is 24.5 Å². The summed E-state index contributed by atoms with van der Waals surface area (Å²) in [6, 6.07) is 8.15. The molecule has 1 aromatic heterocycles. The minimum atomic E-state index is 0.586. The highest BCUT2D eigenvalue weighted by molar-refractivity contribution is 5.79. The Labute approximate surface area is 138 Å². The summed E-state index contributed by atoms with van der Waals surface area (Å²) < 4.78 is 5.56. The molecule has 2 aromatic rings. The van der Waals surface area contributed by atoms with E-state index < -0.39 is 0 Å². The summed E-state index contributed by atoms with van der Waals surface area (Å²) in [6.45, 7) is 5.78. The summed E-state index contributed by atoms with van der Waals surface area (Å²) in [6.07, 6.45) is 5.28. The summed E-state index contributed by atoms with van der Waals surface area (Å²) in [4.78, 5) is 8.73. The molecular formula is C18H26N4O. The molecule has 0 spiro atoms. The number of hydrogen-bond donors (Lipinski definition) is 2. The minimum Gasteiger partial charge on any atom is -0.444 e. The lowest BCUT2D eigenvalue weighted by Gasteiger charge is -2.10. The van der Waals surface area contributed by atoms with Gasteiger partial charge in [-0.2, -0.15) is 0 Å². The molecule has 0 atom stereocenters. The molecule has 5 nitrogen and oxygen atoms in total. The van der Waals surface area contributed by atoms with Gasteiger partial charge in [0.05, 0.1) is 12.2 Å². The molecule has 0 bridgehead atoms. The Balaban J connectivity index is 1.85. The maximum absolute atomic E-state index is 5.56. The summed E-state index contributed by atoms with van der Waals surface area (Å²) in [5.74, 6) is 1.44. The summed E-state index contributed by atoms with van der Waals surface area (Å²) in [5, 5.41) is 6.55. The lowest BCUT2D eigenvalue weighted by atomic mass is 10.1. The van der Waals surface area contributed by atoms with Crippen molar-refractivity contribution in [1.82, 2.24) is 15.6 Å². The molecular weight excluding hydrogens is 288 g/mol. The molecule has 23 heavy (non-hydrogen) atoms. The second-order valence-electron chi connectivity index (χ2n) is 5.57. The van der Waals surface area contributed by atoms with Gasteiger partial charge < -0.3 is 15.1 Å². The van der Waals surface area contributed by atoms with Crippen LogP contribution in [0.25, 0.3) is 11.5 Å². The van der Waals surface area contributed by atoms with Gasteiger partial charge in [-0.1, -0.05) is 37.5 Å². The molecule has 0 radical (unpaired) electrons. The van der Waals surface area contributed by atoms with Gasteiger partial charge in [0.2, 0.25) is 5.89 Å². The first-order valence-electron chi connectivity index (χ1n) is 8.19. The number of benzene rings is 1. The Hall–Kier alpha value is -2.30. The van der Waals surface area contributed by atoms with E-state index in [4.69, 9.17) is 4.42 Å². The van der Waals surface area contributed by atoms with Gasteiger partial charge in [0.15, 0.2) is 5.96 Å². The molecule has 0 unspecified atom stereocenters. The third-order valence-electron chi connectivity index (χ3n) is 3.58. The van der Waals surface area contributed by atoms with Crippen LogP contribution in [0.3, 0.4) is 0 Å². The number of unbranched alkanes of at least 4 members (excludes halogenated alkanes) is 2. The molecule has 2 rings (SSSR count). The van der Waals surface area contributed by atoms with Crippen molar-refractivity contribution in [1.29, 1.82) is 0 Å². The second-order valence-corrected chi connectivity index (χ2v) is 5.57. The SMILES string of the molecule is CCCCCNC(=NC)NCc1coc(-c2ccc(C)cc2)n1. The van der Waals surface area contributed by atoms with Crippen molar-refractivity contribution in [2.75, 3.05) is 13.6 Å². The Bertz CT molecular complexity index is 616. The fourth-order valence-corrected chi connectivity index (χ4v) is 2.19. The van der Waals surface area contributed by atoms with Crippen LogP contribution in [0.15, 0.2) is 39.9 Å². The van der Waals surface area contributed by atoms with E-state index in [1.807, 2.05) is 12.1 Å². The molecule has 0 amide bonds. The highest BCUT2D eigenvalue weighted by Gasteiger charge is 2.07. The highest BCUT2D eigenvalue weighted by atomic mass is 16.3. The zero-order valence-corrected chi connectivity index (χ0v) is 14.2. The van der Waals surface area contributed by atoms with E-state index in [1.165, 1.54) is 18.4 Å². The van der Waals surface area contributed by atoms with Gasteiger partial charge in [-0.05, 0) is 25.5 Å². The average Bonchev–Trinajstić information content (AvgIpc) is 3.04. The van der Waals surface area contributed by atoms with Gasteiger partial charge in [0.25, 0.3) is 0 Å². The predicted octanol–water partition coefficient (Wildman–Crippen LogP) is 3.51. The van der Waals surface area contributed by atoms with Crippen molar-refractivity contribution < 1.29 is 4.42 Å². The summed E-state index contributed by atoms with van der Waals surface area (Å²) in [7, 11) is 1.77. The standard InChI is InChI=1S/C18H26N4O/c1-4-5-6-11-20-18(19-3)21-12-16-13-23-17(22-16)15-9-7-14(2)8-10-15/h7-10,13H,4-6,11-12H2,1-3H3,(H2,19,20,21). The van der Waals surface area contributed by atoms with Crippen molar-refractivity contribution in [2.24, 2.45) is 4.99 Å². The first-order valence-corrected chi connectivity index (χ1v) is 8.19. The van der Waals surface area contributed by atoms with Gasteiger partial charge in [-0.3, -0.25) is 4.99 Å². The first kappa shape index (κ1) is 17.1. The first-order chi connectivity index (χ1) is 11.2. The quantitative estimate of drug-likeness (QED) is 0.466. The maximum Gasteiger partial charge on any atom is 0.226 e. The molecule has 0 saturated heterocycles. The van der Waals surface area contributed by atoms with Gasteiger partial charge in [0, 0.05) is 19.2 Å². The number of aryl methyl sites for hydroxylation is 1. The van der Waals surface area contributed by atoms with Crippen molar-refractivity contribution in [3.8, 4) is 11.5 Å². The van der Waals surface area contributed by atoms with Crippen LogP contribution in [-0.2, 0) is 6.54 Å². The van der Waals surface area contributed by atoms with Crippen LogP contribution in [0, 0.1) is 6.92 Å². The van der Waals surface area contributed by atoms with Crippen molar-refractivity contribution in [3.63, 3.8) is 0 Å². The third kappa shape index (κ3) is 5.43. The van der Waals surface area contributed by atoms with E-state index >= 15 is 0 Å². The predicted molar refractivity (Wildman–Crippen MR) is 94.4 cm³/mol. The van der Waals surface area contributed by atoms with Gasteiger partial charge in [-0.25, -0.2) is 4.98 Å². The Morgan fingerprint density at radius 3 is 2.65 bits per heavy atom. The molecule has 1 aromatic carbocycles. The molecule has 0 aliphatic carbocycles. The monoisotopic (exact) mass is 314 g/mol. The van der Waals surface area contributed by atoms with E-state index in [1.54, 1.807) is 13.3 Å². The van der Waals surface area contributed by atoms with E-state index in [0.29, 0.717) is 12.4 Å². The fraction of sp³-hybridized carbons (Fsp3) is 0.444. The van der Waals surface area contributed by atoms with E-state index in [0.717, 1.165) is 30.2 Å². The zero-order valence-electron chi connectivity index (χ0n) is 14.2. The van der Waals surface area contributed by atoms with Crippen LogP contribution in [0.5, 0.6) is 0 Å². The topological polar surface area (TPSA) is 62.5 Å². The number of hydrogen-bond acceptors (Lipinski definition) is 3. The van der Waals surface area contributed by atoms with E-state index in [9.17, 15) is 0 Å².